The highest BCUT2D eigenvalue weighted by atomic mass is 16.5. The van der Waals surface area contributed by atoms with Gasteiger partial charge in [0.15, 0.2) is 0 Å². The van der Waals surface area contributed by atoms with Crippen molar-refractivity contribution in [1.29, 1.82) is 0 Å². The molecule has 0 bridgehead atoms. The predicted octanol–water partition coefficient (Wildman–Crippen LogP) is 3.73. The van der Waals surface area contributed by atoms with E-state index >= 15 is 0 Å². The first-order valence-corrected chi connectivity index (χ1v) is 9.04. The summed E-state index contributed by atoms with van der Waals surface area (Å²) in [5.41, 5.74) is 9.79. The van der Waals surface area contributed by atoms with Gasteiger partial charge in [0.05, 0.1) is 14.2 Å². The highest BCUT2D eigenvalue weighted by molar-refractivity contribution is 5.75. The van der Waals surface area contributed by atoms with Crippen LogP contribution in [-0.4, -0.2) is 32.3 Å². The molecule has 27 heavy (non-hydrogen) atoms. The summed E-state index contributed by atoms with van der Waals surface area (Å²) in [6.07, 6.45) is -0.417. The molecule has 5 heteroatoms. The van der Waals surface area contributed by atoms with Crippen molar-refractivity contribution in [2.75, 3.05) is 14.2 Å². The van der Waals surface area contributed by atoms with Crippen molar-refractivity contribution in [3.8, 4) is 11.5 Å². The SMILES string of the molecule is COc1cccc(C(c2cccc(OC)c2C)C(C)OC(=O)[C@H](C)N)c1C. The number of carbonyl (C=O) groups is 1. The van der Waals surface area contributed by atoms with Gasteiger partial charge in [0.1, 0.15) is 23.6 Å². The zero-order valence-corrected chi connectivity index (χ0v) is 16.9. The number of hydrogen-bond acceptors (Lipinski definition) is 5. The van der Waals surface area contributed by atoms with Gasteiger partial charge in [-0.3, -0.25) is 4.79 Å². The minimum Gasteiger partial charge on any atom is -0.496 e. The summed E-state index contributed by atoms with van der Waals surface area (Å²) in [6.45, 7) is 7.54. The smallest absolute Gasteiger partial charge is 0.322 e. The second-order valence-electron chi connectivity index (χ2n) is 6.76. The fraction of sp³-hybridized carbons (Fsp3) is 0.409. The summed E-state index contributed by atoms with van der Waals surface area (Å²) >= 11 is 0. The van der Waals surface area contributed by atoms with Crippen molar-refractivity contribution in [2.24, 2.45) is 5.73 Å². The van der Waals surface area contributed by atoms with Gasteiger partial charge in [-0.15, -0.1) is 0 Å². The third-order valence-electron chi connectivity index (χ3n) is 4.91. The number of methoxy groups -OCH3 is 2. The third kappa shape index (κ3) is 4.42. The monoisotopic (exact) mass is 371 g/mol. The molecule has 2 N–H and O–H groups in total. The first-order valence-electron chi connectivity index (χ1n) is 9.04. The molecule has 0 fully saturated rings. The molecule has 2 atom stereocenters. The molecule has 0 heterocycles. The number of rotatable bonds is 7. The van der Waals surface area contributed by atoms with Crippen LogP contribution in [0.1, 0.15) is 42.0 Å². The van der Waals surface area contributed by atoms with Crippen LogP contribution in [0.15, 0.2) is 36.4 Å². The molecule has 0 saturated carbocycles. The van der Waals surface area contributed by atoms with E-state index in [0.717, 1.165) is 33.8 Å². The summed E-state index contributed by atoms with van der Waals surface area (Å²) in [6, 6.07) is 11.1. The average molecular weight is 371 g/mol. The Morgan fingerprint density at radius 1 is 0.889 bits per heavy atom. The fourth-order valence-electron chi connectivity index (χ4n) is 3.41. The van der Waals surface area contributed by atoms with Crippen LogP contribution in [0, 0.1) is 13.8 Å². The Hall–Kier alpha value is -2.53. The molecule has 2 aromatic carbocycles. The molecule has 0 radical (unpaired) electrons. The van der Waals surface area contributed by atoms with Crippen LogP contribution in [0.5, 0.6) is 11.5 Å². The molecule has 146 valence electrons. The van der Waals surface area contributed by atoms with Crippen molar-refractivity contribution in [3.63, 3.8) is 0 Å². The number of ether oxygens (including phenoxy) is 3. The van der Waals surface area contributed by atoms with Gasteiger partial charge in [0.2, 0.25) is 0 Å². The Bertz CT molecular complexity index is 747. The molecule has 0 spiro atoms. The van der Waals surface area contributed by atoms with Gasteiger partial charge in [-0.1, -0.05) is 24.3 Å². The third-order valence-corrected chi connectivity index (χ3v) is 4.91. The van der Waals surface area contributed by atoms with Gasteiger partial charge in [-0.2, -0.15) is 0 Å². The highest BCUT2D eigenvalue weighted by Gasteiger charge is 2.29. The largest absolute Gasteiger partial charge is 0.496 e. The highest BCUT2D eigenvalue weighted by Crippen LogP contribution is 2.38. The predicted molar refractivity (Wildman–Crippen MR) is 107 cm³/mol. The van der Waals surface area contributed by atoms with Crippen LogP contribution in [-0.2, 0) is 9.53 Å². The van der Waals surface area contributed by atoms with Crippen molar-refractivity contribution >= 4 is 5.97 Å². The molecule has 0 aliphatic carbocycles. The Morgan fingerprint density at radius 2 is 1.33 bits per heavy atom. The topological polar surface area (TPSA) is 70.8 Å². The minimum atomic E-state index is -0.675. The molecule has 1 unspecified atom stereocenters. The van der Waals surface area contributed by atoms with Gasteiger partial charge in [-0.05, 0) is 62.1 Å². The first-order chi connectivity index (χ1) is 12.8. The van der Waals surface area contributed by atoms with E-state index in [2.05, 4.69) is 0 Å². The molecule has 0 amide bonds. The Labute approximate surface area is 161 Å². The molecular weight excluding hydrogens is 342 g/mol. The van der Waals surface area contributed by atoms with Crippen molar-refractivity contribution in [2.45, 2.75) is 45.8 Å². The maximum Gasteiger partial charge on any atom is 0.322 e. The number of nitrogens with two attached hydrogens (primary N) is 1. The van der Waals surface area contributed by atoms with Crippen LogP contribution < -0.4 is 15.2 Å². The number of esters is 1. The Balaban J connectivity index is 2.61. The standard InChI is InChI=1S/C22H29NO4/c1-13-17(9-7-11-19(13)25-5)21(16(4)27-22(24)15(3)23)18-10-8-12-20(26-6)14(18)2/h7-12,15-16,21H,23H2,1-6H3/t15-,16?/m0/s1. The Kier molecular flexibility index (Phi) is 6.86. The van der Waals surface area contributed by atoms with E-state index in [1.54, 1.807) is 21.1 Å². The molecule has 0 aliphatic rings. The second-order valence-corrected chi connectivity index (χ2v) is 6.76. The van der Waals surface area contributed by atoms with Crippen molar-refractivity contribution in [3.05, 3.63) is 58.7 Å². The van der Waals surface area contributed by atoms with E-state index in [9.17, 15) is 4.79 Å². The molecule has 0 aromatic heterocycles. The van der Waals surface area contributed by atoms with Crippen molar-refractivity contribution < 1.29 is 19.0 Å². The molecule has 0 saturated heterocycles. The first kappa shape index (κ1) is 20.8. The minimum absolute atomic E-state index is 0.183. The maximum atomic E-state index is 12.1. The lowest BCUT2D eigenvalue weighted by Crippen LogP contribution is -2.34. The summed E-state index contributed by atoms with van der Waals surface area (Å²) in [7, 11) is 3.30. The lowest BCUT2D eigenvalue weighted by atomic mass is 9.82. The van der Waals surface area contributed by atoms with E-state index in [1.807, 2.05) is 57.2 Å². The van der Waals surface area contributed by atoms with Gasteiger partial charge in [0.25, 0.3) is 0 Å². The summed E-state index contributed by atoms with van der Waals surface area (Å²) < 4.78 is 16.7. The zero-order chi connectivity index (χ0) is 20.1. The maximum absolute atomic E-state index is 12.1. The van der Waals surface area contributed by atoms with Crippen LogP contribution >= 0.6 is 0 Å². The fourth-order valence-corrected chi connectivity index (χ4v) is 3.41. The van der Waals surface area contributed by atoms with E-state index in [-0.39, 0.29) is 5.92 Å². The van der Waals surface area contributed by atoms with Crippen molar-refractivity contribution in [1.82, 2.24) is 0 Å². The lowest BCUT2D eigenvalue weighted by molar-refractivity contribution is -0.150. The van der Waals surface area contributed by atoms with Gasteiger partial charge in [-0.25, -0.2) is 0 Å². The van der Waals surface area contributed by atoms with Crippen LogP contribution in [0.4, 0.5) is 0 Å². The number of carbonyl (C=O) groups excluding carboxylic acids is 1. The summed E-state index contributed by atoms with van der Waals surface area (Å²) in [4.78, 5) is 12.1. The molecule has 2 aromatic rings. The zero-order valence-electron chi connectivity index (χ0n) is 16.9. The van der Waals surface area contributed by atoms with E-state index in [0.29, 0.717) is 0 Å². The second kappa shape index (κ2) is 8.91. The summed E-state index contributed by atoms with van der Waals surface area (Å²) in [5, 5.41) is 0. The summed E-state index contributed by atoms with van der Waals surface area (Å²) in [5.74, 6) is 0.985. The van der Waals surface area contributed by atoms with Crippen LogP contribution in [0.2, 0.25) is 0 Å². The van der Waals surface area contributed by atoms with Crippen LogP contribution in [0.25, 0.3) is 0 Å². The Morgan fingerprint density at radius 3 is 1.70 bits per heavy atom. The quantitative estimate of drug-likeness (QED) is 0.751. The molecule has 2 rings (SSSR count). The number of hydrogen-bond donors (Lipinski definition) is 1. The van der Waals surface area contributed by atoms with Crippen LogP contribution in [0.3, 0.4) is 0 Å². The van der Waals surface area contributed by atoms with Gasteiger partial charge in [0, 0.05) is 5.92 Å². The van der Waals surface area contributed by atoms with E-state index in [1.165, 1.54) is 0 Å². The average Bonchev–Trinajstić information content (AvgIpc) is 2.64. The molecule has 0 aliphatic heterocycles. The van der Waals surface area contributed by atoms with E-state index in [4.69, 9.17) is 19.9 Å². The van der Waals surface area contributed by atoms with Gasteiger partial charge >= 0.3 is 5.97 Å². The normalized spacial score (nSPS) is 13.2. The van der Waals surface area contributed by atoms with E-state index < -0.39 is 18.1 Å². The number of benzene rings is 2. The van der Waals surface area contributed by atoms with Gasteiger partial charge < -0.3 is 19.9 Å². The molecule has 5 nitrogen and oxygen atoms in total. The molecular formula is C22H29NO4. The lowest BCUT2D eigenvalue weighted by Gasteiger charge is -2.29.